The van der Waals surface area contributed by atoms with Crippen LogP contribution in [0, 0.1) is 5.41 Å². The van der Waals surface area contributed by atoms with E-state index in [0.717, 1.165) is 0 Å². The average Bonchev–Trinajstić information content (AvgIpc) is 1.67. The van der Waals surface area contributed by atoms with Crippen molar-refractivity contribution in [3.63, 3.8) is 0 Å². The van der Waals surface area contributed by atoms with Crippen LogP contribution in [0.4, 0.5) is 0 Å². The Hall–Kier alpha value is -0.660. The molecule has 0 atom stereocenters. The molecule has 0 aromatic carbocycles. The van der Waals surface area contributed by atoms with Crippen LogP contribution in [-0.4, -0.2) is 12.6 Å². The summed E-state index contributed by atoms with van der Waals surface area (Å²) >= 11 is 0. The molecule has 8 heavy (non-hydrogen) atoms. The van der Waals surface area contributed by atoms with Crippen molar-refractivity contribution >= 4 is 12.6 Å². The predicted molar refractivity (Wildman–Crippen MR) is 29.8 cm³/mol. The summed E-state index contributed by atoms with van der Waals surface area (Å²) in [7, 11) is 0. The van der Waals surface area contributed by atoms with E-state index >= 15 is 0 Å². The summed E-state index contributed by atoms with van der Waals surface area (Å²) < 4.78 is 0. The highest BCUT2D eigenvalue weighted by atomic mass is 16.1. The van der Waals surface area contributed by atoms with Crippen LogP contribution >= 0.6 is 0 Å². The van der Waals surface area contributed by atoms with E-state index in [1.54, 1.807) is 26.4 Å². The van der Waals surface area contributed by atoms with Crippen LogP contribution in [0.5, 0.6) is 0 Å². The van der Waals surface area contributed by atoms with Gasteiger partial charge >= 0.3 is 0 Å². The lowest BCUT2D eigenvalue weighted by Gasteiger charge is -2.07. The Labute approximate surface area is 48.9 Å². The fourth-order valence-electron chi connectivity index (χ4n) is 0.217. The molecule has 0 amide bonds. The zero-order valence-corrected chi connectivity index (χ0v) is 5.02. The molecule has 0 saturated carbocycles. The highest BCUT2D eigenvalue weighted by molar-refractivity contribution is 5.66. The molecular weight excluding hydrogens is 104 g/mol. The molecule has 0 fully saturated rings. The van der Waals surface area contributed by atoms with Crippen LogP contribution in [0.1, 0.15) is 20.3 Å². The van der Waals surface area contributed by atoms with Gasteiger partial charge in [-0.3, -0.25) is 9.59 Å². The maximum absolute atomic E-state index is 9.91. The van der Waals surface area contributed by atoms with Gasteiger partial charge in [-0.25, -0.2) is 0 Å². The smallest absolute Gasteiger partial charge is 0.204 e. The van der Waals surface area contributed by atoms with Crippen LogP contribution in [0.3, 0.4) is 0 Å². The van der Waals surface area contributed by atoms with Gasteiger partial charge in [-0.2, -0.15) is 0 Å². The van der Waals surface area contributed by atoms with Gasteiger partial charge in [-0.1, -0.05) is 13.8 Å². The Bertz CT molecular complexity index is 94.7. The van der Waals surface area contributed by atoms with Crippen LogP contribution < -0.4 is 0 Å². The van der Waals surface area contributed by atoms with Gasteiger partial charge in [0.1, 0.15) is 0 Å². The molecule has 0 aliphatic rings. The first-order valence-corrected chi connectivity index (χ1v) is 2.37. The summed E-state index contributed by atoms with van der Waals surface area (Å²) in [5, 5.41) is 0. The fraction of sp³-hybridized carbons (Fsp3) is 0.667. The molecule has 0 unspecified atom stereocenters. The SMILES string of the molecule is CC(C)([C]=O)C[C]=O. The average molecular weight is 112 g/mol. The molecule has 44 valence electrons. The second-order valence-electron chi connectivity index (χ2n) is 2.31. The standard InChI is InChI=1S/C6H8O2/c1-6(2,5-8)3-4-7/h3H2,1-2H3. The molecule has 0 bridgehead atoms. The quantitative estimate of drug-likeness (QED) is 0.536. The molecule has 0 aliphatic heterocycles. The summed E-state index contributed by atoms with van der Waals surface area (Å²) in [6, 6.07) is 0. The van der Waals surface area contributed by atoms with Gasteiger partial charge in [0.25, 0.3) is 0 Å². The van der Waals surface area contributed by atoms with Gasteiger partial charge in [0.05, 0.1) is 0 Å². The van der Waals surface area contributed by atoms with E-state index in [1.165, 1.54) is 0 Å². The Kier molecular flexibility index (Phi) is 2.38. The minimum absolute atomic E-state index is 0.135. The molecule has 2 radical (unpaired) electrons. The first-order valence-electron chi connectivity index (χ1n) is 2.37. The molecule has 0 aliphatic carbocycles. The molecule has 0 aromatic rings. The van der Waals surface area contributed by atoms with E-state index < -0.39 is 5.41 Å². The minimum atomic E-state index is -0.637. The van der Waals surface area contributed by atoms with E-state index in [2.05, 4.69) is 0 Å². The summed E-state index contributed by atoms with van der Waals surface area (Å²) in [5.74, 6) is 0. The highest BCUT2D eigenvalue weighted by Gasteiger charge is 2.16. The monoisotopic (exact) mass is 112 g/mol. The van der Waals surface area contributed by atoms with Crippen LogP contribution in [0.25, 0.3) is 0 Å². The van der Waals surface area contributed by atoms with E-state index in [4.69, 9.17) is 0 Å². The highest BCUT2D eigenvalue weighted by Crippen LogP contribution is 2.13. The van der Waals surface area contributed by atoms with Crippen LogP contribution in [-0.2, 0) is 9.59 Å². The lowest BCUT2D eigenvalue weighted by atomic mass is 9.93. The summed E-state index contributed by atoms with van der Waals surface area (Å²) in [5.41, 5.74) is -0.637. The predicted octanol–water partition coefficient (Wildman–Crippen LogP) is 0.622. The van der Waals surface area contributed by atoms with Crippen molar-refractivity contribution in [1.82, 2.24) is 0 Å². The van der Waals surface area contributed by atoms with E-state index in [-0.39, 0.29) is 6.42 Å². The van der Waals surface area contributed by atoms with Crippen molar-refractivity contribution in [3.8, 4) is 0 Å². The van der Waals surface area contributed by atoms with Gasteiger partial charge in [-0.15, -0.1) is 0 Å². The molecule has 2 nitrogen and oxygen atoms in total. The Morgan fingerprint density at radius 3 is 2.00 bits per heavy atom. The number of hydrogen-bond donors (Lipinski definition) is 0. The molecule has 0 heterocycles. The first kappa shape index (κ1) is 7.34. The Morgan fingerprint density at radius 2 is 1.88 bits per heavy atom. The summed E-state index contributed by atoms with van der Waals surface area (Å²) in [6.07, 6.45) is 3.51. The van der Waals surface area contributed by atoms with Gasteiger partial charge < -0.3 is 0 Å². The first-order chi connectivity index (χ1) is 3.62. The normalized spacial score (nSPS) is 10.8. The third-order valence-corrected chi connectivity index (χ3v) is 0.790. The van der Waals surface area contributed by atoms with Crippen molar-refractivity contribution in [2.45, 2.75) is 20.3 Å². The number of hydrogen-bond acceptors (Lipinski definition) is 2. The van der Waals surface area contributed by atoms with Crippen LogP contribution in [0.2, 0.25) is 0 Å². The molecule has 0 spiro atoms. The molecule has 2 heteroatoms. The largest absolute Gasteiger partial charge is 0.291 e. The number of rotatable bonds is 3. The van der Waals surface area contributed by atoms with Crippen molar-refractivity contribution in [3.05, 3.63) is 0 Å². The second kappa shape index (κ2) is 2.60. The van der Waals surface area contributed by atoms with E-state index in [0.29, 0.717) is 0 Å². The van der Waals surface area contributed by atoms with Crippen LogP contribution in [0.15, 0.2) is 0 Å². The topological polar surface area (TPSA) is 34.1 Å². The maximum atomic E-state index is 9.91. The molecule has 0 rings (SSSR count). The van der Waals surface area contributed by atoms with Gasteiger partial charge in [-0.05, 0) is 0 Å². The lowest BCUT2D eigenvalue weighted by molar-refractivity contribution is 0.448. The Balaban J connectivity index is 3.70. The molecular formula is C6H8O2. The Morgan fingerprint density at radius 1 is 1.38 bits per heavy atom. The van der Waals surface area contributed by atoms with Gasteiger partial charge in [0.2, 0.25) is 6.29 Å². The zero-order valence-electron chi connectivity index (χ0n) is 5.02. The third kappa shape index (κ3) is 2.50. The van der Waals surface area contributed by atoms with Crippen molar-refractivity contribution < 1.29 is 9.59 Å². The molecule has 0 aromatic heterocycles. The minimum Gasteiger partial charge on any atom is -0.291 e. The van der Waals surface area contributed by atoms with Crippen molar-refractivity contribution in [2.24, 2.45) is 5.41 Å². The van der Waals surface area contributed by atoms with E-state index in [1.807, 2.05) is 0 Å². The van der Waals surface area contributed by atoms with Crippen molar-refractivity contribution in [1.29, 1.82) is 0 Å². The fourth-order valence-corrected chi connectivity index (χ4v) is 0.217. The summed E-state index contributed by atoms with van der Waals surface area (Å²) in [6.45, 7) is 3.29. The number of carbonyl (C=O) groups excluding carboxylic acids is 2. The zero-order chi connectivity index (χ0) is 6.62. The maximum Gasteiger partial charge on any atom is 0.204 e. The van der Waals surface area contributed by atoms with E-state index in [9.17, 15) is 9.59 Å². The van der Waals surface area contributed by atoms with Crippen molar-refractivity contribution in [2.75, 3.05) is 0 Å². The molecule has 0 saturated heterocycles. The molecule has 0 N–H and O–H groups in total. The van der Waals surface area contributed by atoms with Gasteiger partial charge in [0.15, 0.2) is 6.29 Å². The third-order valence-electron chi connectivity index (χ3n) is 0.790. The second-order valence-corrected chi connectivity index (χ2v) is 2.31. The summed E-state index contributed by atoms with van der Waals surface area (Å²) in [4.78, 5) is 19.6. The van der Waals surface area contributed by atoms with Gasteiger partial charge in [0, 0.05) is 11.8 Å². The lowest BCUT2D eigenvalue weighted by Crippen LogP contribution is -2.12.